The van der Waals surface area contributed by atoms with Gasteiger partial charge >= 0.3 is 0 Å². The molecule has 0 spiro atoms. The van der Waals surface area contributed by atoms with Crippen molar-refractivity contribution in [2.75, 3.05) is 26.7 Å². The molecule has 3 rings (SSSR count). The van der Waals surface area contributed by atoms with Crippen LogP contribution in [-0.2, 0) is 17.7 Å². The molecule has 1 aromatic carbocycles. The van der Waals surface area contributed by atoms with Crippen LogP contribution in [-0.4, -0.2) is 43.8 Å². The molecular formula is C15H22N2O. The topological polar surface area (TPSA) is 24.5 Å². The van der Waals surface area contributed by atoms with Gasteiger partial charge in [0, 0.05) is 39.3 Å². The summed E-state index contributed by atoms with van der Waals surface area (Å²) in [5.74, 6) is 0. The van der Waals surface area contributed by atoms with E-state index < -0.39 is 0 Å². The van der Waals surface area contributed by atoms with Crippen molar-refractivity contribution < 1.29 is 4.74 Å². The highest BCUT2D eigenvalue weighted by atomic mass is 16.5. The van der Waals surface area contributed by atoms with Gasteiger partial charge in [0.1, 0.15) is 0 Å². The molecule has 2 aliphatic heterocycles. The molecule has 1 fully saturated rings. The van der Waals surface area contributed by atoms with Crippen LogP contribution in [0.1, 0.15) is 17.5 Å². The molecule has 2 aliphatic rings. The molecule has 1 saturated heterocycles. The van der Waals surface area contributed by atoms with Crippen molar-refractivity contribution in [3.05, 3.63) is 35.4 Å². The Hall–Kier alpha value is -0.900. The molecule has 0 amide bonds. The molecule has 0 radical (unpaired) electrons. The number of hydrogen-bond donors (Lipinski definition) is 1. The quantitative estimate of drug-likeness (QED) is 0.873. The van der Waals surface area contributed by atoms with Crippen molar-refractivity contribution >= 4 is 0 Å². The molecule has 2 atom stereocenters. The van der Waals surface area contributed by atoms with Gasteiger partial charge in [-0.15, -0.1) is 0 Å². The highest BCUT2D eigenvalue weighted by Crippen LogP contribution is 2.18. The van der Waals surface area contributed by atoms with E-state index in [4.69, 9.17) is 4.74 Å². The van der Waals surface area contributed by atoms with Crippen molar-refractivity contribution in [3.63, 3.8) is 0 Å². The second-order valence-electron chi connectivity index (χ2n) is 5.46. The minimum atomic E-state index is 0.445. The Kier molecular flexibility index (Phi) is 3.64. The summed E-state index contributed by atoms with van der Waals surface area (Å²) in [5.41, 5.74) is 2.98. The highest BCUT2D eigenvalue weighted by molar-refractivity contribution is 5.29. The van der Waals surface area contributed by atoms with Gasteiger partial charge in [-0.2, -0.15) is 0 Å². The van der Waals surface area contributed by atoms with E-state index in [0.29, 0.717) is 12.1 Å². The molecule has 1 aromatic rings. The molecule has 1 N–H and O–H groups in total. The highest BCUT2D eigenvalue weighted by Gasteiger charge is 2.26. The predicted molar refractivity (Wildman–Crippen MR) is 72.6 cm³/mol. The summed E-state index contributed by atoms with van der Waals surface area (Å²) in [4.78, 5) is 2.53. The van der Waals surface area contributed by atoms with Gasteiger partial charge in [-0.3, -0.25) is 4.90 Å². The lowest BCUT2D eigenvalue weighted by Gasteiger charge is -2.29. The van der Waals surface area contributed by atoms with Crippen LogP contribution < -0.4 is 5.32 Å². The van der Waals surface area contributed by atoms with Gasteiger partial charge in [-0.05, 0) is 24.0 Å². The average Bonchev–Trinajstić information content (AvgIpc) is 2.86. The van der Waals surface area contributed by atoms with Gasteiger partial charge in [-0.1, -0.05) is 24.3 Å². The summed E-state index contributed by atoms with van der Waals surface area (Å²) in [6, 6.07) is 9.37. The Bertz CT molecular complexity index is 407. The number of nitrogens with one attached hydrogen (secondary N) is 1. The maximum Gasteiger partial charge on any atom is 0.0710 e. The zero-order valence-electron chi connectivity index (χ0n) is 11.1. The third-order valence-corrected chi connectivity index (χ3v) is 4.21. The smallest absolute Gasteiger partial charge is 0.0710 e. The minimum Gasteiger partial charge on any atom is -0.380 e. The van der Waals surface area contributed by atoms with Gasteiger partial charge in [-0.25, -0.2) is 0 Å². The molecule has 0 bridgehead atoms. The normalized spacial score (nSPS) is 28.3. The molecule has 3 nitrogen and oxygen atoms in total. The third-order valence-electron chi connectivity index (χ3n) is 4.21. The van der Waals surface area contributed by atoms with Crippen molar-refractivity contribution in [1.29, 1.82) is 0 Å². The monoisotopic (exact) mass is 246 g/mol. The Labute approximate surface area is 109 Å². The minimum absolute atomic E-state index is 0.445. The summed E-state index contributed by atoms with van der Waals surface area (Å²) < 4.78 is 5.42. The number of likely N-dealkylation sites (tertiary alicyclic amines) is 1. The van der Waals surface area contributed by atoms with Crippen LogP contribution in [0.2, 0.25) is 0 Å². The second-order valence-corrected chi connectivity index (χ2v) is 5.46. The fourth-order valence-electron chi connectivity index (χ4n) is 3.12. The summed E-state index contributed by atoms with van der Waals surface area (Å²) in [6.45, 7) is 4.44. The van der Waals surface area contributed by atoms with Crippen molar-refractivity contribution in [2.24, 2.45) is 0 Å². The molecule has 18 heavy (non-hydrogen) atoms. The molecule has 0 aliphatic carbocycles. The Morgan fingerprint density at radius 1 is 1.33 bits per heavy atom. The second kappa shape index (κ2) is 5.39. The lowest BCUT2D eigenvalue weighted by Crippen LogP contribution is -2.44. The van der Waals surface area contributed by atoms with E-state index in [1.165, 1.54) is 24.1 Å². The van der Waals surface area contributed by atoms with E-state index in [0.717, 1.165) is 26.1 Å². The first-order valence-corrected chi connectivity index (χ1v) is 6.90. The largest absolute Gasteiger partial charge is 0.380 e. The van der Waals surface area contributed by atoms with E-state index in [2.05, 4.69) is 34.5 Å². The van der Waals surface area contributed by atoms with Gasteiger partial charge < -0.3 is 10.1 Å². The van der Waals surface area contributed by atoms with E-state index in [9.17, 15) is 0 Å². The van der Waals surface area contributed by atoms with E-state index >= 15 is 0 Å². The molecular weight excluding hydrogens is 224 g/mol. The zero-order chi connectivity index (χ0) is 12.4. The zero-order valence-corrected chi connectivity index (χ0v) is 11.1. The standard InChI is InChI=1S/C15H22N2O/c1-18-15-6-7-17(11-15)10-14-8-12-4-2-3-5-13(12)9-16-14/h2-5,14-16H,6-11H2,1H3/t14-,15?/m1/s1. The molecule has 0 saturated carbocycles. The predicted octanol–water partition coefficient (Wildman–Crippen LogP) is 1.42. The number of rotatable bonds is 3. The SMILES string of the molecule is COC1CCN(C[C@H]2Cc3ccccc3CN2)C1. The number of nitrogens with zero attached hydrogens (tertiary/aromatic N) is 1. The lowest BCUT2D eigenvalue weighted by atomic mass is 9.96. The summed E-state index contributed by atoms with van der Waals surface area (Å²) in [7, 11) is 1.82. The Morgan fingerprint density at radius 3 is 2.94 bits per heavy atom. The number of benzene rings is 1. The van der Waals surface area contributed by atoms with Crippen molar-refractivity contribution in [3.8, 4) is 0 Å². The van der Waals surface area contributed by atoms with Crippen LogP contribution in [0.4, 0.5) is 0 Å². The first-order valence-electron chi connectivity index (χ1n) is 6.90. The van der Waals surface area contributed by atoms with Crippen LogP contribution >= 0.6 is 0 Å². The van der Waals surface area contributed by atoms with Gasteiger partial charge in [0.25, 0.3) is 0 Å². The number of hydrogen-bond acceptors (Lipinski definition) is 3. The van der Waals surface area contributed by atoms with E-state index in [1.54, 1.807) is 0 Å². The van der Waals surface area contributed by atoms with Crippen LogP contribution in [0.3, 0.4) is 0 Å². The van der Waals surface area contributed by atoms with Crippen LogP contribution in [0.5, 0.6) is 0 Å². The van der Waals surface area contributed by atoms with E-state index in [1.807, 2.05) is 7.11 Å². The maximum absolute atomic E-state index is 5.42. The van der Waals surface area contributed by atoms with Gasteiger partial charge in [0.05, 0.1) is 6.10 Å². The van der Waals surface area contributed by atoms with Crippen LogP contribution in [0.15, 0.2) is 24.3 Å². The first kappa shape index (κ1) is 12.2. The Morgan fingerprint density at radius 2 is 2.17 bits per heavy atom. The fourth-order valence-corrected chi connectivity index (χ4v) is 3.12. The maximum atomic E-state index is 5.42. The summed E-state index contributed by atoms with van der Waals surface area (Å²) >= 11 is 0. The molecule has 1 unspecified atom stereocenters. The fraction of sp³-hybridized carbons (Fsp3) is 0.600. The third kappa shape index (κ3) is 2.58. The molecule has 3 heteroatoms. The van der Waals surface area contributed by atoms with Gasteiger partial charge in [0.15, 0.2) is 0 Å². The van der Waals surface area contributed by atoms with Crippen LogP contribution in [0.25, 0.3) is 0 Å². The summed E-state index contributed by atoms with van der Waals surface area (Å²) in [6.07, 6.45) is 2.78. The number of ether oxygens (including phenoxy) is 1. The first-order chi connectivity index (χ1) is 8.85. The number of fused-ring (bicyclic) bond motifs is 1. The van der Waals surface area contributed by atoms with E-state index in [-0.39, 0.29) is 0 Å². The van der Waals surface area contributed by atoms with Crippen molar-refractivity contribution in [2.45, 2.75) is 31.5 Å². The molecule has 2 heterocycles. The van der Waals surface area contributed by atoms with Gasteiger partial charge in [0.2, 0.25) is 0 Å². The Balaban J connectivity index is 1.57. The van der Waals surface area contributed by atoms with Crippen LogP contribution in [0, 0.1) is 0 Å². The van der Waals surface area contributed by atoms with Crippen molar-refractivity contribution in [1.82, 2.24) is 10.2 Å². The summed E-state index contributed by atoms with van der Waals surface area (Å²) in [5, 5.41) is 3.65. The lowest BCUT2D eigenvalue weighted by molar-refractivity contribution is 0.106. The molecule has 98 valence electrons. The average molecular weight is 246 g/mol. The molecule has 0 aromatic heterocycles. The number of methoxy groups -OCH3 is 1.